The fourth-order valence-electron chi connectivity index (χ4n) is 3.13. The Labute approximate surface area is 184 Å². The molecular weight excluding hydrogens is 406 g/mol. The van der Waals surface area contributed by atoms with Gasteiger partial charge in [0, 0.05) is 11.6 Å². The number of aromatic nitrogens is 2. The van der Waals surface area contributed by atoms with Gasteiger partial charge in [-0.25, -0.2) is 9.48 Å². The first-order valence-electron chi connectivity index (χ1n) is 10.0. The summed E-state index contributed by atoms with van der Waals surface area (Å²) in [5, 5.41) is 16.5. The van der Waals surface area contributed by atoms with E-state index in [0.29, 0.717) is 22.6 Å². The van der Waals surface area contributed by atoms with Crippen LogP contribution in [0.5, 0.6) is 0 Å². The van der Waals surface area contributed by atoms with Crippen LogP contribution in [0.25, 0.3) is 16.9 Å². The smallest absolute Gasteiger partial charge is 0.338 e. The number of nitrogens with one attached hydrogen (secondary N) is 1. The normalized spacial score (nSPS) is 10.5. The first kappa shape index (κ1) is 21.0. The zero-order valence-corrected chi connectivity index (χ0v) is 17.1. The summed E-state index contributed by atoms with van der Waals surface area (Å²) in [7, 11) is 0. The van der Waals surface area contributed by atoms with E-state index in [1.165, 1.54) is 0 Å². The van der Waals surface area contributed by atoms with Gasteiger partial charge in [0.2, 0.25) is 0 Å². The summed E-state index contributed by atoms with van der Waals surface area (Å²) in [6.45, 7) is -0.557. The Morgan fingerprint density at radius 2 is 1.56 bits per heavy atom. The van der Waals surface area contributed by atoms with Crippen molar-refractivity contribution >= 4 is 17.7 Å². The molecule has 1 amide bonds. The number of para-hydroxylation sites is 1. The van der Waals surface area contributed by atoms with E-state index in [0.717, 1.165) is 11.3 Å². The van der Waals surface area contributed by atoms with E-state index in [2.05, 4.69) is 10.4 Å². The molecule has 2 N–H and O–H groups in total. The summed E-state index contributed by atoms with van der Waals surface area (Å²) in [5.74, 6) is -0.642. The van der Waals surface area contributed by atoms with E-state index in [-0.39, 0.29) is 6.61 Å². The molecule has 0 fully saturated rings. The highest BCUT2D eigenvalue weighted by Crippen LogP contribution is 2.24. The van der Waals surface area contributed by atoms with E-state index in [9.17, 15) is 9.59 Å². The summed E-state index contributed by atoms with van der Waals surface area (Å²) >= 11 is 0. The van der Waals surface area contributed by atoms with Crippen molar-refractivity contribution in [2.45, 2.75) is 6.61 Å². The highest BCUT2D eigenvalue weighted by atomic mass is 16.5. The number of anilines is 1. The van der Waals surface area contributed by atoms with Gasteiger partial charge in [-0.15, -0.1) is 0 Å². The topological polar surface area (TPSA) is 93.5 Å². The number of carbonyl (C=O) groups is 2. The Morgan fingerprint density at radius 3 is 2.22 bits per heavy atom. The highest BCUT2D eigenvalue weighted by Gasteiger charge is 2.15. The van der Waals surface area contributed by atoms with Crippen molar-refractivity contribution in [2.24, 2.45) is 0 Å². The van der Waals surface area contributed by atoms with Crippen molar-refractivity contribution in [1.29, 1.82) is 0 Å². The zero-order chi connectivity index (χ0) is 22.3. The number of nitrogens with zero attached hydrogens (tertiary/aromatic N) is 2. The van der Waals surface area contributed by atoms with Gasteiger partial charge in [0.25, 0.3) is 5.91 Å². The van der Waals surface area contributed by atoms with Crippen LogP contribution in [0.3, 0.4) is 0 Å². The van der Waals surface area contributed by atoms with Gasteiger partial charge in [0.05, 0.1) is 23.6 Å². The van der Waals surface area contributed by atoms with Crippen molar-refractivity contribution in [3.63, 3.8) is 0 Å². The van der Waals surface area contributed by atoms with Gasteiger partial charge in [-0.2, -0.15) is 5.10 Å². The van der Waals surface area contributed by atoms with Crippen LogP contribution in [-0.4, -0.2) is 33.4 Å². The number of amides is 1. The Hall–Kier alpha value is -4.23. The van der Waals surface area contributed by atoms with Crippen molar-refractivity contribution in [3.8, 4) is 16.9 Å². The summed E-state index contributed by atoms with van der Waals surface area (Å²) < 4.78 is 6.76. The molecule has 4 aromatic rings. The van der Waals surface area contributed by atoms with E-state index in [1.54, 1.807) is 35.0 Å². The number of carbonyl (C=O) groups excluding carboxylic acids is 2. The first-order chi connectivity index (χ1) is 15.6. The van der Waals surface area contributed by atoms with Gasteiger partial charge in [-0.3, -0.25) is 4.79 Å². The second-order valence-electron chi connectivity index (χ2n) is 7.01. The third kappa shape index (κ3) is 4.91. The fraction of sp³-hybridized carbons (Fsp3) is 0.0800. The molecule has 0 saturated carbocycles. The molecule has 160 valence electrons. The first-order valence-corrected chi connectivity index (χ1v) is 10.0. The fourth-order valence-corrected chi connectivity index (χ4v) is 3.13. The molecule has 4 rings (SSSR count). The van der Waals surface area contributed by atoms with Crippen LogP contribution in [0.2, 0.25) is 0 Å². The van der Waals surface area contributed by atoms with Crippen LogP contribution in [0.15, 0.2) is 91.0 Å². The Morgan fingerprint density at radius 1 is 0.906 bits per heavy atom. The second-order valence-corrected chi connectivity index (χ2v) is 7.01. The van der Waals surface area contributed by atoms with Crippen LogP contribution in [-0.2, 0) is 16.1 Å². The van der Waals surface area contributed by atoms with Crippen molar-refractivity contribution < 1.29 is 19.4 Å². The lowest BCUT2D eigenvalue weighted by atomic mass is 10.1. The molecule has 0 radical (unpaired) electrons. The van der Waals surface area contributed by atoms with Crippen LogP contribution in [0.4, 0.5) is 5.82 Å². The molecule has 7 nitrogen and oxygen atoms in total. The van der Waals surface area contributed by atoms with E-state index in [4.69, 9.17) is 9.84 Å². The SMILES string of the molecule is O=C(COC(=O)c1ccc(CO)cc1)Nc1cc(-c2ccccc2)nn1-c1ccccc1. The quantitative estimate of drug-likeness (QED) is 0.437. The lowest BCUT2D eigenvalue weighted by molar-refractivity contribution is -0.119. The third-order valence-electron chi connectivity index (χ3n) is 4.75. The molecular formula is C25H21N3O4. The predicted octanol–water partition coefficient (Wildman–Crippen LogP) is 3.83. The molecule has 0 saturated heterocycles. The summed E-state index contributed by atoms with van der Waals surface area (Å²) in [6.07, 6.45) is 0. The minimum atomic E-state index is -0.619. The molecule has 0 unspecified atom stereocenters. The van der Waals surface area contributed by atoms with Crippen LogP contribution in [0.1, 0.15) is 15.9 Å². The molecule has 0 bridgehead atoms. The van der Waals surface area contributed by atoms with Crippen LogP contribution < -0.4 is 5.32 Å². The molecule has 0 aliphatic heterocycles. The number of aliphatic hydroxyl groups is 1. The maximum absolute atomic E-state index is 12.5. The number of hydrogen-bond acceptors (Lipinski definition) is 5. The Kier molecular flexibility index (Phi) is 6.38. The van der Waals surface area contributed by atoms with Gasteiger partial charge in [-0.05, 0) is 29.8 Å². The molecule has 7 heteroatoms. The molecule has 1 aromatic heterocycles. The third-order valence-corrected chi connectivity index (χ3v) is 4.75. The van der Waals surface area contributed by atoms with Crippen LogP contribution >= 0.6 is 0 Å². The maximum Gasteiger partial charge on any atom is 0.338 e. The number of hydrogen-bond donors (Lipinski definition) is 2. The number of esters is 1. The van der Waals surface area contributed by atoms with Crippen LogP contribution in [0, 0.1) is 0 Å². The van der Waals surface area contributed by atoms with Gasteiger partial charge < -0.3 is 15.2 Å². The lowest BCUT2D eigenvalue weighted by Crippen LogP contribution is -2.22. The average Bonchev–Trinajstić information content (AvgIpc) is 3.27. The summed E-state index contributed by atoms with van der Waals surface area (Å²) in [6, 6.07) is 27.2. The number of ether oxygens (including phenoxy) is 1. The summed E-state index contributed by atoms with van der Waals surface area (Å²) in [5.41, 5.74) is 3.38. The monoisotopic (exact) mass is 427 g/mol. The summed E-state index contributed by atoms with van der Waals surface area (Å²) in [4.78, 5) is 24.7. The largest absolute Gasteiger partial charge is 0.452 e. The van der Waals surface area contributed by atoms with E-state index in [1.807, 2.05) is 60.7 Å². The van der Waals surface area contributed by atoms with Crippen molar-refractivity contribution in [2.75, 3.05) is 11.9 Å². The number of aliphatic hydroxyl groups excluding tert-OH is 1. The Bertz CT molecular complexity index is 1200. The minimum absolute atomic E-state index is 0.113. The van der Waals surface area contributed by atoms with Gasteiger partial charge in [-0.1, -0.05) is 60.7 Å². The van der Waals surface area contributed by atoms with Gasteiger partial charge in [0.15, 0.2) is 6.61 Å². The predicted molar refractivity (Wildman–Crippen MR) is 120 cm³/mol. The van der Waals surface area contributed by atoms with E-state index < -0.39 is 18.5 Å². The molecule has 32 heavy (non-hydrogen) atoms. The highest BCUT2D eigenvalue weighted by molar-refractivity contribution is 5.95. The molecule has 0 aliphatic carbocycles. The lowest BCUT2D eigenvalue weighted by Gasteiger charge is -2.09. The molecule has 0 aliphatic rings. The second kappa shape index (κ2) is 9.72. The zero-order valence-electron chi connectivity index (χ0n) is 17.1. The average molecular weight is 427 g/mol. The molecule has 3 aromatic carbocycles. The number of benzene rings is 3. The number of rotatable bonds is 7. The molecule has 1 heterocycles. The molecule has 0 atom stereocenters. The van der Waals surface area contributed by atoms with Crippen molar-refractivity contribution in [3.05, 3.63) is 102 Å². The van der Waals surface area contributed by atoms with E-state index >= 15 is 0 Å². The molecule has 0 spiro atoms. The standard InChI is InChI=1S/C25H21N3O4/c29-16-18-11-13-20(14-12-18)25(31)32-17-24(30)26-23-15-22(19-7-3-1-4-8-19)27-28(23)21-9-5-2-6-10-21/h1-15,29H,16-17H2,(H,26,30). The van der Waals surface area contributed by atoms with Gasteiger partial charge >= 0.3 is 5.97 Å². The van der Waals surface area contributed by atoms with Gasteiger partial charge in [0.1, 0.15) is 5.82 Å². The maximum atomic E-state index is 12.5. The van der Waals surface area contributed by atoms with Crippen molar-refractivity contribution in [1.82, 2.24) is 9.78 Å². The minimum Gasteiger partial charge on any atom is -0.452 e. The Balaban J connectivity index is 1.49.